The van der Waals surface area contributed by atoms with Crippen LogP contribution in [0.5, 0.6) is 0 Å². The van der Waals surface area contributed by atoms with Crippen molar-refractivity contribution in [2.45, 2.75) is 90.5 Å². The van der Waals surface area contributed by atoms with E-state index in [0.717, 1.165) is 38.5 Å². The van der Waals surface area contributed by atoms with Gasteiger partial charge >= 0.3 is 5.97 Å². The summed E-state index contributed by atoms with van der Waals surface area (Å²) in [5.41, 5.74) is -0.830. The van der Waals surface area contributed by atoms with Crippen molar-refractivity contribution in [1.29, 1.82) is 0 Å². The predicted octanol–water partition coefficient (Wildman–Crippen LogP) is 3.89. The Morgan fingerprint density at radius 1 is 1.14 bits per heavy atom. The first-order chi connectivity index (χ1) is 10.00. The summed E-state index contributed by atoms with van der Waals surface area (Å²) < 4.78 is 0. The molecule has 1 fully saturated rings. The minimum Gasteiger partial charge on any atom is -0.481 e. The Kier molecular flexibility index (Phi) is 7.76. The second-order valence-corrected chi connectivity index (χ2v) is 6.64. The molecule has 0 heterocycles. The largest absolute Gasteiger partial charge is 0.481 e. The van der Waals surface area contributed by atoms with Gasteiger partial charge in [0.25, 0.3) is 0 Å². The monoisotopic (exact) mass is 297 g/mol. The van der Waals surface area contributed by atoms with Crippen molar-refractivity contribution in [2.75, 3.05) is 0 Å². The fourth-order valence-electron chi connectivity index (χ4n) is 3.28. The van der Waals surface area contributed by atoms with Gasteiger partial charge in [-0.2, -0.15) is 0 Å². The van der Waals surface area contributed by atoms with Crippen LogP contribution >= 0.6 is 0 Å². The van der Waals surface area contributed by atoms with Crippen LogP contribution in [0, 0.1) is 5.41 Å². The average Bonchev–Trinajstić information content (AvgIpc) is 2.65. The summed E-state index contributed by atoms with van der Waals surface area (Å²) in [6, 6.07) is 0.140. The van der Waals surface area contributed by atoms with E-state index in [-0.39, 0.29) is 18.4 Å². The molecule has 1 aliphatic carbocycles. The van der Waals surface area contributed by atoms with Gasteiger partial charge in [0.2, 0.25) is 5.91 Å². The Morgan fingerprint density at radius 2 is 1.76 bits per heavy atom. The van der Waals surface area contributed by atoms with Gasteiger partial charge in [-0.15, -0.1) is 0 Å². The van der Waals surface area contributed by atoms with E-state index in [4.69, 9.17) is 0 Å². The Bertz CT molecular complexity index is 333. The van der Waals surface area contributed by atoms with Gasteiger partial charge in [0, 0.05) is 12.5 Å². The third-order valence-corrected chi connectivity index (χ3v) is 4.66. The number of carboxylic acids is 1. The van der Waals surface area contributed by atoms with Gasteiger partial charge in [-0.25, -0.2) is 0 Å². The first kappa shape index (κ1) is 18.0. The highest BCUT2D eigenvalue weighted by atomic mass is 16.4. The smallest absolute Gasteiger partial charge is 0.310 e. The summed E-state index contributed by atoms with van der Waals surface area (Å²) in [7, 11) is 0. The van der Waals surface area contributed by atoms with E-state index in [1.165, 1.54) is 12.8 Å². The van der Waals surface area contributed by atoms with Crippen LogP contribution in [0.2, 0.25) is 0 Å². The van der Waals surface area contributed by atoms with Crippen LogP contribution in [0.1, 0.15) is 84.5 Å². The van der Waals surface area contributed by atoms with Gasteiger partial charge in [0.05, 0.1) is 5.41 Å². The zero-order chi connectivity index (χ0) is 15.7. The molecular weight excluding hydrogens is 266 g/mol. The zero-order valence-electron chi connectivity index (χ0n) is 13.6. The van der Waals surface area contributed by atoms with Crippen molar-refractivity contribution >= 4 is 11.9 Å². The molecule has 21 heavy (non-hydrogen) atoms. The third-order valence-electron chi connectivity index (χ3n) is 4.66. The second-order valence-electron chi connectivity index (χ2n) is 6.64. The maximum absolute atomic E-state index is 12.2. The molecule has 4 nitrogen and oxygen atoms in total. The number of amides is 1. The van der Waals surface area contributed by atoms with Gasteiger partial charge in [0.15, 0.2) is 0 Å². The average molecular weight is 297 g/mol. The molecule has 0 aromatic rings. The van der Waals surface area contributed by atoms with Crippen molar-refractivity contribution in [1.82, 2.24) is 5.32 Å². The number of carboxylic acid groups (broad SMARTS) is 1. The zero-order valence-corrected chi connectivity index (χ0v) is 13.6. The molecule has 0 spiro atoms. The number of aliphatic carboxylic acids is 1. The first-order valence-corrected chi connectivity index (χ1v) is 8.53. The van der Waals surface area contributed by atoms with Crippen molar-refractivity contribution in [2.24, 2.45) is 5.41 Å². The van der Waals surface area contributed by atoms with Crippen molar-refractivity contribution < 1.29 is 14.7 Å². The topological polar surface area (TPSA) is 66.4 Å². The predicted molar refractivity (Wildman–Crippen MR) is 84.1 cm³/mol. The number of carbonyl (C=O) groups excluding carboxylic acids is 1. The molecule has 1 amide bonds. The lowest BCUT2D eigenvalue weighted by atomic mass is 9.77. The molecule has 1 rings (SSSR count). The second kappa shape index (κ2) is 9.06. The number of unbranched alkanes of at least 4 members (excludes halogenated alkanes) is 2. The van der Waals surface area contributed by atoms with Gasteiger partial charge in [-0.05, 0) is 26.2 Å². The molecule has 1 unspecified atom stereocenters. The van der Waals surface area contributed by atoms with Crippen molar-refractivity contribution in [3.8, 4) is 0 Å². The first-order valence-electron chi connectivity index (χ1n) is 8.53. The highest BCUT2D eigenvalue weighted by Gasteiger charge is 2.40. The van der Waals surface area contributed by atoms with E-state index in [9.17, 15) is 14.7 Å². The van der Waals surface area contributed by atoms with Crippen LogP contribution in [0.3, 0.4) is 0 Å². The summed E-state index contributed by atoms with van der Waals surface area (Å²) in [4.78, 5) is 23.9. The van der Waals surface area contributed by atoms with Gasteiger partial charge in [-0.1, -0.05) is 51.9 Å². The summed E-state index contributed by atoms with van der Waals surface area (Å²) in [5, 5.41) is 12.6. The summed E-state index contributed by atoms with van der Waals surface area (Å²) >= 11 is 0. The van der Waals surface area contributed by atoms with E-state index in [1.807, 2.05) is 6.92 Å². The fraction of sp³-hybridized carbons (Fsp3) is 0.882. The Hall–Kier alpha value is -1.06. The van der Waals surface area contributed by atoms with Crippen molar-refractivity contribution in [3.05, 3.63) is 0 Å². The SMILES string of the molecule is CCCCCC(C)NC(=O)CC1(C(=O)O)CCCCCC1. The Balaban J connectivity index is 2.50. The summed E-state index contributed by atoms with van der Waals surface area (Å²) in [6.07, 6.45) is 9.87. The van der Waals surface area contributed by atoms with Gasteiger partial charge < -0.3 is 10.4 Å². The number of nitrogens with one attached hydrogen (secondary N) is 1. The minimum absolute atomic E-state index is 0.0942. The maximum Gasteiger partial charge on any atom is 0.310 e. The molecule has 2 N–H and O–H groups in total. The van der Waals surface area contributed by atoms with Crippen LogP contribution < -0.4 is 5.32 Å². The lowest BCUT2D eigenvalue weighted by Crippen LogP contribution is -2.40. The molecule has 1 saturated carbocycles. The number of rotatable bonds is 8. The lowest BCUT2D eigenvalue weighted by molar-refractivity contribution is -0.153. The van der Waals surface area contributed by atoms with Crippen LogP contribution in [0.4, 0.5) is 0 Å². The Morgan fingerprint density at radius 3 is 2.29 bits per heavy atom. The fourth-order valence-corrected chi connectivity index (χ4v) is 3.28. The number of hydrogen-bond acceptors (Lipinski definition) is 2. The van der Waals surface area contributed by atoms with E-state index in [0.29, 0.717) is 12.8 Å². The van der Waals surface area contributed by atoms with Crippen LogP contribution in [0.25, 0.3) is 0 Å². The lowest BCUT2D eigenvalue weighted by Gasteiger charge is -2.28. The molecule has 122 valence electrons. The van der Waals surface area contributed by atoms with Crippen LogP contribution in [-0.4, -0.2) is 23.0 Å². The minimum atomic E-state index is -0.830. The highest BCUT2D eigenvalue weighted by Crippen LogP contribution is 2.38. The molecule has 0 radical (unpaired) electrons. The van der Waals surface area contributed by atoms with E-state index < -0.39 is 11.4 Å². The quantitative estimate of drug-likeness (QED) is 0.527. The van der Waals surface area contributed by atoms with E-state index >= 15 is 0 Å². The van der Waals surface area contributed by atoms with E-state index in [2.05, 4.69) is 12.2 Å². The van der Waals surface area contributed by atoms with Crippen LogP contribution in [0.15, 0.2) is 0 Å². The van der Waals surface area contributed by atoms with Gasteiger partial charge in [0.1, 0.15) is 0 Å². The maximum atomic E-state index is 12.2. The molecule has 1 aliphatic rings. The molecular formula is C17H31NO3. The molecule has 0 aliphatic heterocycles. The molecule has 0 saturated heterocycles. The van der Waals surface area contributed by atoms with E-state index in [1.54, 1.807) is 0 Å². The van der Waals surface area contributed by atoms with Crippen LogP contribution in [-0.2, 0) is 9.59 Å². The normalized spacial score (nSPS) is 19.5. The highest BCUT2D eigenvalue weighted by molar-refractivity contribution is 5.85. The molecule has 0 aromatic carbocycles. The number of carbonyl (C=O) groups is 2. The third kappa shape index (κ3) is 6.06. The molecule has 1 atom stereocenters. The van der Waals surface area contributed by atoms with Crippen molar-refractivity contribution in [3.63, 3.8) is 0 Å². The molecule has 4 heteroatoms. The molecule has 0 aromatic heterocycles. The summed E-state index contributed by atoms with van der Waals surface area (Å²) in [6.45, 7) is 4.17. The molecule has 0 bridgehead atoms. The summed E-state index contributed by atoms with van der Waals surface area (Å²) in [5.74, 6) is -0.888. The number of hydrogen-bond donors (Lipinski definition) is 2. The van der Waals surface area contributed by atoms with Gasteiger partial charge in [-0.3, -0.25) is 9.59 Å². The standard InChI is InChI=1S/C17H31NO3/c1-3-4-7-10-14(2)18-15(19)13-17(16(20)21)11-8-5-6-9-12-17/h14H,3-13H2,1-2H3,(H,18,19)(H,20,21). The Labute approximate surface area is 128 Å².